The average Bonchev–Trinajstić information content (AvgIpc) is 2.37. The van der Waals surface area contributed by atoms with Crippen LogP contribution in [0.4, 0.5) is 13.2 Å². The van der Waals surface area contributed by atoms with E-state index in [0.717, 1.165) is 42.3 Å². The second-order valence-electron chi connectivity index (χ2n) is 4.94. The van der Waals surface area contributed by atoms with Crippen LogP contribution in [0.5, 0.6) is 0 Å². The fourth-order valence-corrected chi connectivity index (χ4v) is 1.93. The summed E-state index contributed by atoms with van der Waals surface area (Å²) in [6.07, 6.45) is -0.989. The number of hydrogen-bond acceptors (Lipinski definition) is 2. The summed E-state index contributed by atoms with van der Waals surface area (Å²) in [6.45, 7) is 5.33. The van der Waals surface area contributed by atoms with Gasteiger partial charge in [0.1, 0.15) is 0 Å². The van der Waals surface area contributed by atoms with Gasteiger partial charge in [0, 0.05) is 24.8 Å². The van der Waals surface area contributed by atoms with Gasteiger partial charge in [-0.25, -0.2) is 0 Å². The van der Waals surface area contributed by atoms with Crippen LogP contribution >= 0.6 is 0 Å². The molecular formula is C14H21F3N2O. The Morgan fingerprint density at radius 1 is 1.35 bits per heavy atom. The number of hydrogen-bond donors (Lipinski definition) is 1. The molecule has 1 rings (SSSR count). The van der Waals surface area contributed by atoms with Crippen LogP contribution in [0.3, 0.4) is 0 Å². The number of pyridine rings is 1. The van der Waals surface area contributed by atoms with Gasteiger partial charge >= 0.3 is 6.18 Å². The van der Waals surface area contributed by atoms with Crippen molar-refractivity contribution in [2.45, 2.75) is 51.9 Å². The van der Waals surface area contributed by atoms with Gasteiger partial charge in [0.25, 0.3) is 5.56 Å². The minimum absolute atomic E-state index is 0.302. The number of rotatable bonds is 7. The Hall–Kier alpha value is -1.30. The maximum absolute atomic E-state index is 12.6. The lowest BCUT2D eigenvalue weighted by Crippen LogP contribution is -2.27. The van der Waals surface area contributed by atoms with Crippen LogP contribution in [-0.2, 0) is 12.7 Å². The number of halogens is 3. The van der Waals surface area contributed by atoms with Gasteiger partial charge < -0.3 is 9.88 Å². The molecule has 0 aromatic carbocycles. The Kier molecular flexibility index (Phi) is 6.26. The zero-order valence-corrected chi connectivity index (χ0v) is 11.8. The maximum atomic E-state index is 12.6. The highest BCUT2D eigenvalue weighted by molar-refractivity contribution is 5.13. The second-order valence-corrected chi connectivity index (χ2v) is 4.94. The summed E-state index contributed by atoms with van der Waals surface area (Å²) in [6, 6.07) is 2.10. The molecule has 0 saturated carbocycles. The molecule has 0 aliphatic heterocycles. The van der Waals surface area contributed by atoms with E-state index >= 15 is 0 Å². The molecule has 3 nitrogen and oxygen atoms in total. The molecule has 0 radical (unpaired) electrons. The molecule has 0 spiro atoms. The van der Waals surface area contributed by atoms with Gasteiger partial charge in [0.05, 0.1) is 5.56 Å². The number of aryl methyl sites for hydroxylation is 1. The van der Waals surface area contributed by atoms with Gasteiger partial charge in [-0.2, -0.15) is 13.2 Å². The Bertz CT molecular complexity index is 468. The molecule has 1 N–H and O–H groups in total. The maximum Gasteiger partial charge on any atom is 0.417 e. The zero-order chi connectivity index (χ0) is 15.2. The second kappa shape index (κ2) is 7.47. The number of alkyl halides is 3. The van der Waals surface area contributed by atoms with E-state index in [9.17, 15) is 18.0 Å². The van der Waals surface area contributed by atoms with Crippen molar-refractivity contribution < 1.29 is 13.2 Å². The van der Waals surface area contributed by atoms with E-state index in [4.69, 9.17) is 0 Å². The van der Waals surface area contributed by atoms with E-state index in [2.05, 4.69) is 12.2 Å². The van der Waals surface area contributed by atoms with E-state index in [0.29, 0.717) is 19.0 Å². The predicted octanol–water partition coefficient (Wildman–Crippen LogP) is 3.04. The fraction of sp³-hybridized carbons (Fsp3) is 0.643. The Labute approximate surface area is 116 Å². The quantitative estimate of drug-likeness (QED) is 0.837. The van der Waals surface area contributed by atoms with Crippen molar-refractivity contribution in [3.8, 4) is 0 Å². The first-order valence-corrected chi connectivity index (χ1v) is 6.85. The molecule has 1 heterocycles. The highest BCUT2D eigenvalue weighted by atomic mass is 19.4. The molecule has 1 aromatic rings. The molecule has 0 saturated heterocycles. The normalized spacial score (nSPS) is 13.4. The van der Waals surface area contributed by atoms with Gasteiger partial charge in [0.15, 0.2) is 0 Å². The topological polar surface area (TPSA) is 34.0 Å². The summed E-state index contributed by atoms with van der Waals surface area (Å²) in [5, 5.41) is 3.30. The van der Waals surface area contributed by atoms with E-state index < -0.39 is 17.3 Å². The summed E-state index contributed by atoms with van der Waals surface area (Å²) in [5.41, 5.74) is -1.18. The van der Waals surface area contributed by atoms with Crippen molar-refractivity contribution in [2.75, 3.05) is 6.54 Å². The molecule has 0 fully saturated rings. The smallest absolute Gasteiger partial charge is 0.315 e. The molecule has 1 unspecified atom stereocenters. The van der Waals surface area contributed by atoms with Crippen LogP contribution in [-0.4, -0.2) is 17.2 Å². The van der Waals surface area contributed by atoms with Gasteiger partial charge in [-0.15, -0.1) is 0 Å². The van der Waals surface area contributed by atoms with Crippen molar-refractivity contribution in [3.05, 3.63) is 34.2 Å². The molecule has 0 aliphatic carbocycles. The van der Waals surface area contributed by atoms with Crippen LogP contribution in [0.1, 0.15) is 38.7 Å². The van der Waals surface area contributed by atoms with Crippen LogP contribution < -0.4 is 10.9 Å². The largest absolute Gasteiger partial charge is 0.417 e. The third kappa shape index (κ3) is 5.36. The third-order valence-corrected chi connectivity index (χ3v) is 3.09. The minimum atomic E-state index is -4.41. The van der Waals surface area contributed by atoms with E-state index in [1.54, 1.807) is 0 Å². The molecule has 114 valence electrons. The molecule has 0 bridgehead atoms. The average molecular weight is 290 g/mol. The summed E-state index contributed by atoms with van der Waals surface area (Å²) >= 11 is 0. The van der Waals surface area contributed by atoms with Crippen molar-refractivity contribution in [2.24, 2.45) is 0 Å². The molecular weight excluding hydrogens is 269 g/mol. The third-order valence-electron chi connectivity index (χ3n) is 3.09. The number of aromatic nitrogens is 1. The molecule has 1 aromatic heterocycles. The lowest BCUT2D eigenvalue weighted by molar-refractivity contribution is -0.138. The number of nitrogens with zero attached hydrogens (tertiary/aromatic N) is 1. The molecule has 0 aliphatic rings. The molecule has 1 atom stereocenters. The summed E-state index contributed by atoms with van der Waals surface area (Å²) < 4.78 is 38.8. The van der Waals surface area contributed by atoms with Crippen molar-refractivity contribution >= 4 is 0 Å². The van der Waals surface area contributed by atoms with Crippen molar-refractivity contribution in [1.82, 2.24) is 9.88 Å². The fourth-order valence-electron chi connectivity index (χ4n) is 1.93. The Morgan fingerprint density at radius 3 is 2.65 bits per heavy atom. The Morgan fingerprint density at radius 2 is 2.05 bits per heavy atom. The van der Waals surface area contributed by atoms with Crippen molar-refractivity contribution in [1.29, 1.82) is 0 Å². The van der Waals surface area contributed by atoms with Crippen LogP contribution in [0, 0.1) is 0 Å². The first-order valence-electron chi connectivity index (χ1n) is 6.85. The lowest BCUT2D eigenvalue weighted by atomic mass is 10.1. The molecule has 6 heteroatoms. The Balaban J connectivity index is 2.57. The first kappa shape index (κ1) is 16.8. The van der Waals surface area contributed by atoms with Gasteiger partial charge in [-0.3, -0.25) is 4.79 Å². The van der Waals surface area contributed by atoms with E-state index in [1.807, 2.05) is 6.92 Å². The SMILES string of the molecule is CCCNC(C)CCCn1cc(C(F)(F)F)ccc1=O. The van der Waals surface area contributed by atoms with E-state index in [1.165, 1.54) is 0 Å². The first-order chi connectivity index (χ1) is 9.34. The number of nitrogens with one attached hydrogen (secondary N) is 1. The highest BCUT2D eigenvalue weighted by Gasteiger charge is 2.30. The monoisotopic (exact) mass is 290 g/mol. The molecule has 20 heavy (non-hydrogen) atoms. The standard InChI is InChI=1S/C14H21F3N2O/c1-3-8-18-11(2)5-4-9-19-10-12(14(15,16)17)6-7-13(19)20/h6-7,10-11,18H,3-5,8-9H2,1-2H3. The van der Waals surface area contributed by atoms with E-state index in [-0.39, 0.29) is 0 Å². The highest BCUT2D eigenvalue weighted by Crippen LogP contribution is 2.28. The molecule has 0 amide bonds. The van der Waals surface area contributed by atoms with Gasteiger partial charge in [0.2, 0.25) is 0 Å². The van der Waals surface area contributed by atoms with Crippen LogP contribution in [0.2, 0.25) is 0 Å². The van der Waals surface area contributed by atoms with Crippen LogP contribution in [0.15, 0.2) is 23.1 Å². The van der Waals surface area contributed by atoms with Crippen molar-refractivity contribution in [3.63, 3.8) is 0 Å². The summed E-state index contributed by atoms with van der Waals surface area (Å²) in [4.78, 5) is 11.5. The summed E-state index contributed by atoms with van der Waals surface area (Å²) in [5.74, 6) is 0. The zero-order valence-electron chi connectivity index (χ0n) is 11.8. The predicted molar refractivity (Wildman–Crippen MR) is 72.7 cm³/mol. The minimum Gasteiger partial charge on any atom is -0.315 e. The van der Waals surface area contributed by atoms with Gasteiger partial charge in [-0.1, -0.05) is 6.92 Å². The summed E-state index contributed by atoms with van der Waals surface area (Å²) in [7, 11) is 0. The van der Waals surface area contributed by atoms with Crippen LogP contribution in [0.25, 0.3) is 0 Å². The lowest BCUT2D eigenvalue weighted by Gasteiger charge is -2.14. The van der Waals surface area contributed by atoms with Gasteiger partial charge in [-0.05, 0) is 38.8 Å².